The SMILES string of the molecule is Cc1ccc(C(=O)NCCc2ccc(-n3cccn3)cc2)s1. The van der Waals surface area contributed by atoms with Crippen molar-refractivity contribution >= 4 is 17.2 Å². The zero-order chi connectivity index (χ0) is 15.4. The Labute approximate surface area is 133 Å². The molecule has 112 valence electrons. The maximum atomic E-state index is 11.9. The topological polar surface area (TPSA) is 46.9 Å². The van der Waals surface area contributed by atoms with E-state index in [9.17, 15) is 4.79 Å². The molecule has 1 N–H and O–H groups in total. The van der Waals surface area contributed by atoms with E-state index in [4.69, 9.17) is 0 Å². The number of nitrogens with zero attached hydrogens (tertiary/aromatic N) is 2. The van der Waals surface area contributed by atoms with Crippen molar-refractivity contribution in [2.75, 3.05) is 6.54 Å². The van der Waals surface area contributed by atoms with Crippen molar-refractivity contribution in [2.24, 2.45) is 0 Å². The van der Waals surface area contributed by atoms with Gasteiger partial charge in [-0.2, -0.15) is 5.10 Å². The van der Waals surface area contributed by atoms with Crippen LogP contribution in [0.1, 0.15) is 20.1 Å². The summed E-state index contributed by atoms with van der Waals surface area (Å²) < 4.78 is 1.82. The van der Waals surface area contributed by atoms with E-state index in [1.165, 1.54) is 16.9 Å². The molecular formula is C17H17N3OS. The van der Waals surface area contributed by atoms with Gasteiger partial charge in [0.05, 0.1) is 10.6 Å². The number of carbonyl (C=O) groups is 1. The number of hydrogen-bond donors (Lipinski definition) is 1. The largest absolute Gasteiger partial charge is 0.351 e. The van der Waals surface area contributed by atoms with Gasteiger partial charge in [-0.15, -0.1) is 11.3 Å². The summed E-state index contributed by atoms with van der Waals surface area (Å²) in [5, 5.41) is 7.15. The molecule has 4 nitrogen and oxygen atoms in total. The predicted molar refractivity (Wildman–Crippen MR) is 88.7 cm³/mol. The summed E-state index contributed by atoms with van der Waals surface area (Å²) in [7, 11) is 0. The van der Waals surface area contributed by atoms with E-state index in [-0.39, 0.29) is 5.91 Å². The van der Waals surface area contributed by atoms with Crippen molar-refractivity contribution in [2.45, 2.75) is 13.3 Å². The van der Waals surface area contributed by atoms with Gasteiger partial charge in [0.25, 0.3) is 5.91 Å². The van der Waals surface area contributed by atoms with Gasteiger partial charge in [-0.1, -0.05) is 12.1 Å². The van der Waals surface area contributed by atoms with Crippen LogP contribution in [-0.4, -0.2) is 22.2 Å². The molecule has 0 radical (unpaired) electrons. The molecule has 3 aromatic rings. The summed E-state index contributed by atoms with van der Waals surface area (Å²) in [6.07, 6.45) is 4.49. The Morgan fingerprint density at radius 1 is 1.23 bits per heavy atom. The Bertz CT molecular complexity index is 745. The van der Waals surface area contributed by atoms with Crippen LogP contribution in [0.25, 0.3) is 5.69 Å². The summed E-state index contributed by atoms with van der Waals surface area (Å²) in [4.78, 5) is 13.9. The third-order valence-electron chi connectivity index (χ3n) is 3.37. The van der Waals surface area contributed by atoms with Gasteiger partial charge in [0.2, 0.25) is 0 Å². The molecule has 22 heavy (non-hydrogen) atoms. The lowest BCUT2D eigenvalue weighted by Gasteiger charge is -2.06. The number of amides is 1. The van der Waals surface area contributed by atoms with Crippen molar-refractivity contribution in [3.8, 4) is 5.69 Å². The van der Waals surface area contributed by atoms with Crippen LogP contribution in [-0.2, 0) is 6.42 Å². The smallest absolute Gasteiger partial charge is 0.261 e. The molecule has 0 atom stereocenters. The third kappa shape index (κ3) is 3.43. The highest BCUT2D eigenvalue weighted by molar-refractivity contribution is 7.13. The summed E-state index contributed by atoms with van der Waals surface area (Å²) in [6, 6.07) is 13.9. The Morgan fingerprint density at radius 2 is 2.05 bits per heavy atom. The minimum absolute atomic E-state index is 0.00580. The molecule has 0 unspecified atom stereocenters. The molecular weight excluding hydrogens is 294 g/mol. The zero-order valence-electron chi connectivity index (χ0n) is 12.3. The number of rotatable bonds is 5. The van der Waals surface area contributed by atoms with Crippen LogP contribution >= 0.6 is 11.3 Å². The van der Waals surface area contributed by atoms with Crippen LogP contribution in [0.5, 0.6) is 0 Å². The molecule has 0 saturated carbocycles. The van der Waals surface area contributed by atoms with Gasteiger partial charge >= 0.3 is 0 Å². The molecule has 0 aliphatic carbocycles. The number of carbonyl (C=O) groups excluding carboxylic acids is 1. The minimum Gasteiger partial charge on any atom is -0.351 e. The molecule has 1 aromatic carbocycles. The van der Waals surface area contributed by atoms with E-state index in [0.29, 0.717) is 6.54 Å². The molecule has 2 heterocycles. The van der Waals surface area contributed by atoms with E-state index >= 15 is 0 Å². The Balaban J connectivity index is 1.52. The normalized spacial score (nSPS) is 10.6. The van der Waals surface area contributed by atoms with Crippen molar-refractivity contribution in [1.82, 2.24) is 15.1 Å². The number of hydrogen-bond acceptors (Lipinski definition) is 3. The molecule has 0 saturated heterocycles. The lowest BCUT2D eigenvalue weighted by atomic mass is 10.1. The lowest BCUT2D eigenvalue weighted by Crippen LogP contribution is -2.24. The Kier molecular flexibility index (Phi) is 4.34. The Morgan fingerprint density at radius 3 is 2.68 bits per heavy atom. The van der Waals surface area contributed by atoms with Gasteiger partial charge in [-0.05, 0) is 49.2 Å². The van der Waals surface area contributed by atoms with Crippen molar-refractivity contribution in [3.05, 3.63) is 70.2 Å². The number of thiophene rings is 1. The summed E-state index contributed by atoms with van der Waals surface area (Å²) in [5.41, 5.74) is 2.23. The lowest BCUT2D eigenvalue weighted by molar-refractivity contribution is 0.0958. The fourth-order valence-electron chi connectivity index (χ4n) is 2.20. The number of aromatic nitrogens is 2. The van der Waals surface area contributed by atoms with Gasteiger partial charge in [-0.3, -0.25) is 4.79 Å². The predicted octanol–water partition coefficient (Wildman–Crippen LogP) is 3.21. The number of nitrogens with one attached hydrogen (secondary N) is 1. The second-order valence-corrected chi connectivity index (χ2v) is 6.32. The Hall–Kier alpha value is -2.40. The first-order chi connectivity index (χ1) is 10.7. The molecule has 3 rings (SSSR count). The summed E-state index contributed by atoms with van der Waals surface area (Å²) in [5.74, 6) is 0.00580. The van der Waals surface area contributed by atoms with Crippen LogP contribution < -0.4 is 5.32 Å². The summed E-state index contributed by atoms with van der Waals surface area (Å²) in [6.45, 7) is 2.64. The van der Waals surface area contributed by atoms with Crippen LogP contribution in [0.15, 0.2) is 54.9 Å². The molecule has 0 aliphatic heterocycles. The van der Waals surface area contributed by atoms with Gasteiger partial charge in [0.1, 0.15) is 0 Å². The second kappa shape index (κ2) is 6.58. The standard InChI is InChI=1S/C17H17N3OS/c1-13-3-8-16(22-13)17(21)18-11-9-14-4-6-15(7-5-14)20-12-2-10-19-20/h2-8,10,12H,9,11H2,1H3,(H,18,21). The van der Waals surface area contributed by atoms with E-state index < -0.39 is 0 Å². The number of aryl methyl sites for hydroxylation is 1. The average Bonchev–Trinajstić information content (AvgIpc) is 3.19. The molecule has 2 aromatic heterocycles. The van der Waals surface area contributed by atoms with Crippen LogP contribution in [0.3, 0.4) is 0 Å². The first-order valence-corrected chi connectivity index (χ1v) is 7.97. The van der Waals surface area contributed by atoms with Gasteiger partial charge in [-0.25, -0.2) is 4.68 Å². The quantitative estimate of drug-likeness (QED) is 0.786. The maximum absolute atomic E-state index is 11.9. The first-order valence-electron chi connectivity index (χ1n) is 7.16. The minimum atomic E-state index is 0.00580. The summed E-state index contributed by atoms with van der Waals surface area (Å²) >= 11 is 1.52. The maximum Gasteiger partial charge on any atom is 0.261 e. The second-order valence-electron chi connectivity index (χ2n) is 5.03. The number of benzene rings is 1. The van der Waals surface area contributed by atoms with E-state index in [1.54, 1.807) is 6.20 Å². The fraction of sp³-hybridized carbons (Fsp3) is 0.176. The van der Waals surface area contributed by atoms with Crippen LogP contribution in [0.2, 0.25) is 0 Å². The van der Waals surface area contributed by atoms with E-state index in [0.717, 1.165) is 21.9 Å². The molecule has 0 aliphatic rings. The fourth-order valence-corrected chi connectivity index (χ4v) is 2.98. The highest BCUT2D eigenvalue weighted by atomic mass is 32.1. The molecule has 5 heteroatoms. The molecule has 0 bridgehead atoms. The average molecular weight is 311 g/mol. The third-order valence-corrected chi connectivity index (χ3v) is 4.37. The highest BCUT2D eigenvalue weighted by Crippen LogP contribution is 2.14. The van der Waals surface area contributed by atoms with Gasteiger partial charge in [0.15, 0.2) is 0 Å². The van der Waals surface area contributed by atoms with Crippen molar-refractivity contribution < 1.29 is 4.79 Å². The van der Waals surface area contributed by atoms with Crippen molar-refractivity contribution in [1.29, 1.82) is 0 Å². The monoisotopic (exact) mass is 311 g/mol. The van der Waals surface area contributed by atoms with E-state index in [2.05, 4.69) is 22.5 Å². The van der Waals surface area contributed by atoms with Crippen molar-refractivity contribution in [3.63, 3.8) is 0 Å². The first kappa shape index (κ1) is 14.5. The van der Waals surface area contributed by atoms with Gasteiger partial charge in [0, 0.05) is 23.8 Å². The molecule has 0 fully saturated rings. The van der Waals surface area contributed by atoms with E-state index in [1.807, 2.05) is 48.1 Å². The highest BCUT2D eigenvalue weighted by Gasteiger charge is 2.07. The van der Waals surface area contributed by atoms with Crippen LogP contribution in [0, 0.1) is 6.92 Å². The van der Waals surface area contributed by atoms with Crippen LogP contribution in [0.4, 0.5) is 0 Å². The molecule has 1 amide bonds. The zero-order valence-corrected chi connectivity index (χ0v) is 13.1. The van der Waals surface area contributed by atoms with Gasteiger partial charge < -0.3 is 5.32 Å². The molecule has 0 spiro atoms.